The molecule has 0 unspecified atom stereocenters. The summed E-state index contributed by atoms with van der Waals surface area (Å²) in [5.74, 6) is -0.00828. The molecule has 0 spiro atoms. The quantitative estimate of drug-likeness (QED) is 0.363. The number of amides is 1. The second-order valence-electron chi connectivity index (χ2n) is 7.57. The van der Waals surface area contributed by atoms with Gasteiger partial charge in [-0.05, 0) is 47.5 Å². The van der Waals surface area contributed by atoms with Crippen molar-refractivity contribution >= 4 is 28.9 Å². The van der Waals surface area contributed by atoms with Gasteiger partial charge in [0.25, 0.3) is 5.91 Å². The summed E-state index contributed by atoms with van der Waals surface area (Å²) in [5, 5.41) is 0.673. The van der Waals surface area contributed by atoms with Crippen LogP contribution in [0.5, 0.6) is 0 Å². The highest BCUT2D eigenvalue weighted by Gasteiger charge is 2.39. The summed E-state index contributed by atoms with van der Waals surface area (Å²) in [5.41, 5.74) is 4.68. The van der Waals surface area contributed by atoms with Crippen LogP contribution < -0.4 is 9.80 Å². The maximum Gasteiger partial charge on any atom is 0.262 e. The average Bonchev–Trinajstić information content (AvgIpc) is 2.82. The topological polar surface area (TPSA) is 23.6 Å². The van der Waals surface area contributed by atoms with Crippen molar-refractivity contribution in [2.45, 2.75) is 12.7 Å². The van der Waals surface area contributed by atoms with E-state index in [-0.39, 0.29) is 12.1 Å². The number of benzene rings is 4. The van der Waals surface area contributed by atoms with E-state index in [9.17, 15) is 4.79 Å². The SMILES string of the molecule is O=C1c2ccccc2N(Cc2ccccc2)[C@H](c2ccc(Cl)cc2)N1c1ccccc1. The fourth-order valence-electron chi connectivity index (χ4n) is 4.18. The molecule has 1 aliphatic rings. The van der Waals surface area contributed by atoms with E-state index < -0.39 is 0 Å². The molecule has 4 heteroatoms. The number of anilines is 2. The lowest BCUT2D eigenvalue weighted by molar-refractivity contribution is 0.0968. The van der Waals surface area contributed by atoms with Crippen LogP contribution in [0.1, 0.15) is 27.7 Å². The lowest BCUT2D eigenvalue weighted by Crippen LogP contribution is -2.49. The largest absolute Gasteiger partial charge is 0.342 e. The molecule has 0 aromatic heterocycles. The third kappa shape index (κ3) is 3.69. The minimum atomic E-state index is -0.303. The number of hydrogen-bond acceptors (Lipinski definition) is 2. The van der Waals surface area contributed by atoms with Crippen LogP contribution in [0.4, 0.5) is 11.4 Å². The maximum absolute atomic E-state index is 13.7. The van der Waals surface area contributed by atoms with Gasteiger partial charge < -0.3 is 4.90 Å². The van der Waals surface area contributed by atoms with Gasteiger partial charge in [-0.25, -0.2) is 0 Å². The summed E-state index contributed by atoms with van der Waals surface area (Å²) in [7, 11) is 0. The van der Waals surface area contributed by atoms with Crippen LogP contribution in [0.2, 0.25) is 5.02 Å². The van der Waals surface area contributed by atoms with E-state index in [1.807, 2.05) is 102 Å². The van der Waals surface area contributed by atoms with E-state index in [4.69, 9.17) is 11.6 Å². The number of hydrogen-bond donors (Lipinski definition) is 0. The molecule has 4 aromatic carbocycles. The first-order valence-electron chi connectivity index (χ1n) is 10.3. The van der Waals surface area contributed by atoms with Gasteiger partial charge in [0.05, 0.1) is 11.3 Å². The zero-order valence-electron chi connectivity index (χ0n) is 16.9. The van der Waals surface area contributed by atoms with E-state index in [0.717, 1.165) is 16.9 Å². The van der Waals surface area contributed by atoms with Gasteiger partial charge in [-0.2, -0.15) is 0 Å². The van der Waals surface area contributed by atoms with Gasteiger partial charge in [-0.15, -0.1) is 0 Å². The molecule has 0 aliphatic carbocycles. The Morgan fingerprint density at radius 2 is 1.32 bits per heavy atom. The molecule has 1 atom stereocenters. The summed E-state index contributed by atoms with van der Waals surface area (Å²) in [4.78, 5) is 17.9. The van der Waals surface area contributed by atoms with E-state index in [1.165, 1.54) is 5.56 Å². The third-order valence-corrected chi connectivity index (χ3v) is 5.85. The van der Waals surface area contributed by atoms with Crippen molar-refractivity contribution in [3.63, 3.8) is 0 Å². The number of carbonyl (C=O) groups excluding carboxylic acids is 1. The first kappa shape index (κ1) is 19.4. The number of nitrogens with zero attached hydrogens (tertiary/aromatic N) is 2. The van der Waals surface area contributed by atoms with Crippen LogP contribution in [0, 0.1) is 0 Å². The Labute approximate surface area is 187 Å². The zero-order valence-corrected chi connectivity index (χ0v) is 17.6. The molecule has 0 bridgehead atoms. The predicted octanol–water partition coefficient (Wildman–Crippen LogP) is 6.71. The highest BCUT2D eigenvalue weighted by atomic mass is 35.5. The smallest absolute Gasteiger partial charge is 0.262 e. The second-order valence-corrected chi connectivity index (χ2v) is 8.00. The lowest BCUT2D eigenvalue weighted by atomic mass is 9.99. The Morgan fingerprint density at radius 3 is 2.03 bits per heavy atom. The molecule has 31 heavy (non-hydrogen) atoms. The minimum Gasteiger partial charge on any atom is -0.342 e. The summed E-state index contributed by atoms with van der Waals surface area (Å²) in [6.07, 6.45) is -0.303. The predicted molar refractivity (Wildman–Crippen MR) is 127 cm³/mol. The van der Waals surface area contributed by atoms with Gasteiger partial charge in [0.15, 0.2) is 0 Å². The van der Waals surface area contributed by atoms with Crippen LogP contribution in [-0.4, -0.2) is 5.91 Å². The van der Waals surface area contributed by atoms with E-state index >= 15 is 0 Å². The molecular formula is C27H21ClN2O. The molecule has 4 aromatic rings. The molecular weight excluding hydrogens is 404 g/mol. The van der Waals surface area contributed by atoms with Crippen molar-refractivity contribution in [1.82, 2.24) is 0 Å². The summed E-state index contributed by atoms with van der Waals surface area (Å²) >= 11 is 6.19. The first-order valence-corrected chi connectivity index (χ1v) is 10.6. The Bertz CT molecular complexity index is 1190. The van der Waals surface area contributed by atoms with Crippen LogP contribution >= 0.6 is 11.6 Å². The van der Waals surface area contributed by atoms with Crippen LogP contribution in [0.25, 0.3) is 0 Å². The van der Waals surface area contributed by atoms with Crippen molar-refractivity contribution in [2.75, 3.05) is 9.80 Å². The first-order chi connectivity index (χ1) is 15.2. The van der Waals surface area contributed by atoms with Crippen molar-refractivity contribution in [1.29, 1.82) is 0 Å². The molecule has 152 valence electrons. The van der Waals surface area contributed by atoms with Crippen molar-refractivity contribution in [3.8, 4) is 0 Å². The van der Waals surface area contributed by atoms with Crippen LogP contribution in [0.15, 0.2) is 109 Å². The summed E-state index contributed by atoms with van der Waals surface area (Å²) in [6.45, 7) is 0.668. The second kappa shape index (κ2) is 8.29. The Morgan fingerprint density at radius 1 is 0.710 bits per heavy atom. The normalized spacial score (nSPS) is 15.6. The summed E-state index contributed by atoms with van der Waals surface area (Å²) in [6, 6.07) is 35.8. The molecule has 1 heterocycles. The molecule has 0 saturated carbocycles. The molecule has 1 aliphatic heterocycles. The van der Waals surface area contributed by atoms with Crippen molar-refractivity contribution < 1.29 is 4.79 Å². The highest BCUT2D eigenvalue weighted by molar-refractivity contribution is 6.30. The van der Waals surface area contributed by atoms with E-state index in [0.29, 0.717) is 17.1 Å². The molecule has 0 radical (unpaired) electrons. The van der Waals surface area contributed by atoms with Gasteiger partial charge in [-0.1, -0.05) is 84.4 Å². The van der Waals surface area contributed by atoms with E-state index in [1.54, 1.807) is 0 Å². The molecule has 0 fully saturated rings. The van der Waals surface area contributed by atoms with Crippen LogP contribution in [0.3, 0.4) is 0 Å². The Hall–Kier alpha value is -3.56. The van der Waals surface area contributed by atoms with Crippen LogP contribution in [-0.2, 0) is 6.54 Å². The fraction of sp³-hybridized carbons (Fsp3) is 0.0741. The minimum absolute atomic E-state index is 0.00828. The van der Waals surface area contributed by atoms with Gasteiger partial charge in [0, 0.05) is 17.3 Å². The number of rotatable bonds is 4. The van der Waals surface area contributed by atoms with Gasteiger partial charge in [0.1, 0.15) is 6.17 Å². The molecule has 5 rings (SSSR count). The standard InChI is InChI=1S/C27H21ClN2O/c28-22-17-15-21(16-18-22)26-29(19-20-9-3-1-4-10-20)25-14-8-7-13-24(25)27(31)30(26)23-11-5-2-6-12-23/h1-18,26H,19H2/t26-/m0/s1. The molecule has 0 N–H and O–H groups in total. The van der Waals surface area contributed by atoms with Crippen molar-refractivity contribution in [2.24, 2.45) is 0 Å². The zero-order chi connectivity index (χ0) is 21.2. The lowest BCUT2D eigenvalue weighted by Gasteiger charge is -2.46. The van der Waals surface area contributed by atoms with Gasteiger partial charge in [-0.3, -0.25) is 9.69 Å². The molecule has 1 amide bonds. The average molecular weight is 425 g/mol. The third-order valence-electron chi connectivity index (χ3n) is 5.60. The number of halogens is 1. The number of carbonyl (C=O) groups is 1. The Kier molecular flexibility index (Phi) is 5.19. The maximum atomic E-state index is 13.7. The summed E-state index contributed by atoms with van der Waals surface area (Å²) < 4.78 is 0. The molecule has 0 saturated heterocycles. The fourth-order valence-corrected chi connectivity index (χ4v) is 4.31. The van der Waals surface area contributed by atoms with E-state index in [2.05, 4.69) is 17.0 Å². The Balaban J connectivity index is 1.72. The number of para-hydroxylation sites is 2. The monoisotopic (exact) mass is 424 g/mol. The van der Waals surface area contributed by atoms with Gasteiger partial charge in [0.2, 0.25) is 0 Å². The van der Waals surface area contributed by atoms with Gasteiger partial charge >= 0.3 is 0 Å². The highest BCUT2D eigenvalue weighted by Crippen LogP contribution is 2.42. The molecule has 3 nitrogen and oxygen atoms in total. The van der Waals surface area contributed by atoms with Crippen molar-refractivity contribution in [3.05, 3.63) is 131 Å². The number of fused-ring (bicyclic) bond motifs is 1.